The number of aromatic nitrogens is 2. The predicted octanol–water partition coefficient (Wildman–Crippen LogP) is 1.77. The number of nitriles is 1. The lowest BCUT2D eigenvalue weighted by molar-refractivity contribution is 0.560. The molecule has 2 aromatic rings. The molecule has 0 saturated carbocycles. The van der Waals surface area contributed by atoms with Crippen molar-refractivity contribution in [1.82, 2.24) is 9.55 Å². The van der Waals surface area contributed by atoms with Gasteiger partial charge in [0.2, 0.25) is 0 Å². The molecule has 0 amide bonds. The molecule has 84 valence electrons. The summed E-state index contributed by atoms with van der Waals surface area (Å²) >= 11 is 0. The number of nitrogens with zero attached hydrogens (tertiary/aromatic N) is 4. The molecule has 0 unspecified atom stereocenters. The fraction of sp³-hybridized carbons (Fsp3) is 0.231. The fourth-order valence-corrected chi connectivity index (χ4v) is 2.14. The van der Waals surface area contributed by atoms with Crippen LogP contribution in [0.25, 0.3) is 0 Å². The van der Waals surface area contributed by atoms with E-state index in [-0.39, 0.29) is 0 Å². The Balaban J connectivity index is 1.84. The van der Waals surface area contributed by atoms with Crippen molar-refractivity contribution in [1.29, 1.82) is 5.26 Å². The largest absolute Gasteiger partial charge is 0.362 e. The Bertz CT molecular complexity index is 562. The predicted molar refractivity (Wildman–Crippen MR) is 64.4 cm³/mol. The first kappa shape index (κ1) is 9.91. The highest BCUT2D eigenvalue weighted by atomic mass is 15.2. The summed E-state index contributed by atoms with van der Waals surface area (Å²) in [6.07, 6.45) is 3.86. The zero-order valence-electron chi connectivity index (χ0n) is 9.37. The second-order valence-corrected chi connectivity index (χ2v) is 4.12. The summed E-state index contributed by atoms with van der Waals surface area (Å²) in [7, 11) is 0. The van der Waals surface area contributed by atoms with E-state index in [1.807, 2.05) is 36.7 Å². The second kappa shape index (κ2) is 3.95. The molecule has 4 heteroatoms. The molecular weight excluding hydrogens is 212 g/mol. The lowest BCUT2D eigenvalue weighted by Crippen LogP contribution is -2.33. The van der Waals surface area contributed by atoms with E-state index in [1.165, 1.54) is 0 Å². The highest BCUT2D eigenvalue weighted by molar-refractivity contribution is 5.50. The van der Waals surface area contributed by atoms with E-state index in [4.69, 9.17) is 5.26 Å². The van der Waals surface area contributed by atoms with Crippen molar-refractivity contribution in [3.8, 4) is 6.07 Å². The van der Waals surface area contributed by atoms with Gasteiger partial charge in [-0.05, 0) is 24.3 Å². The van der Waals surface area contributed by atoms with Crippen LogP contribution in [0.2, 0.25) is 0 Å². The van der Waals surface area contributed by atoms with Crippen LogP contribution in [-0.2, 0) is 13.1 Å². The summed E-state index contributed by atoms with van der Waals surface area (Å²) in [6.45, 7) is 2.78. The van der Waals surface area contributed by atoms with Gasteiger partial charge in [0.25, 0.3) is 0 Å². The third kappa shape index (κ3) is 1.76. The van der Waals surface area contributed by atoms with Crippen LogP contribution in [-0.4, -0.2) is 16.1 Å². The Hall–Kier alpha value is -2.28. The highest BCUT2D eigenvalue weighted by Gasteiger charge is 2.16. The number of imidazole rings is 1. The van der Waals surface area contributed by atoms with E-state index in [2.05, 4.69) is 20.5 Å². The van der Waals surface area contributed by atoms with Crippen LogP contribution in [0.15, 0.2) is 36.7 Å². The van der Waals surface area contributed by atoms with Gasteiger partial charge in [0.15, 0.2) is 0 Å². The van der Waals surface area contributed by atoms with Crippen molar-refractivity contribution in [2.45, 2.75) is 13.1 Å². The lowest BCUT2D eigenvalue weighted by Gasteiger charge is -2.29. The van der Waals surface area contributed by atoms with Crippen LogP contribution < -0.4 is 4.90 Å². The fourth-order valence-electron chi connectivity index (χ4n) is 2.14. The minimum atomic E-state index is 0.701. The minimum Gasteiger partial charge on any atom is -0.362 e. The Morgan fingerprint density at radius 2 is 2.00 bits per heavy atom. The number of rotatable bonds is 1. The molecule has 0 saturated heterocycles. The number of benzene rings is 1. The van der Waals surface area contributed by atoms with Gasteiger partial charge in [-0.3, -0.25) is 0 Å². The van der Waals surface area contributed by atoms with Gasteiger partial charge in [-0.15, -0.1) is 0 Å². The monoisotopic (exact) mass is 224 g/mol. The van der Waals surface area contributed by atoms with Crippen molar-refractivity contribution in [3.05, 3.63) is 48.0 Å². The van der Waals surface area contributed by atoms with Crippen molar-refractivity contribution >= 4 is 5.69 Å². The van der Waals surface area contributed by atoms with Gasteiger partial charge in [-0.2, -0.15) is 5.26 Å². The second-order valence-electron chi connectivity index (χ2n) is 4.12. The van der Waals surface area contributed by atoms with Gasteiger partial charge in [0.1, 0.15) is 5.82 Å². The first-order chi connectivity index (χ1) is 8.36. The third-order valence-electron chi connectivity index (χ3n) is 3.11. The topological polar surface area (TPSA) is 44.9 Å². The van der Waals surface area contributed by atoms with Crippen molar-refractivity contribution in [2.24, 2.45) is 0 Å². The smallest absolute Gasteiger partial charge is 0.128 e. The molecule has 3 rings (SSSR count). The molecule has 0 bridgehead atoms. The zero-order chi connectivity index (χ0) is 11.7. The minimum absolute atomic E-state index is 0.701. The molecule has 0 spiro atoms. The van der Waals surface area contributed by atoms with E-state index in [1.54, 1.807) is 0 Å². The molecule has 0 atom stereocenters. The number of hydrogen-bond acceptors (Lipinski definition) is 3. The molecule has 0 fully saturated rings. The summed E-state index contributed by atoms with van der Waals surface area (Å²) < 4.78 is 2.18. The van der Waals surface area contributed by atoms with Crippen molar-refractivity contribution in [3.63, 3.8) is 0 Å². The number of fused-ring (bicyclic) bond motifs is 1. The molecule has 0 N–H and O–H groups in total. The standard InChI is InChI=1S/C13H12N4/c14-9-11-1-3-12(4-2-11)17-8-7-16-6-5-15-13(16)10-17/h1-6H,7-8,10H2. The average Bonchev–Trinajstić information content (AvgIpc) is 2.86. The van der Waals surface area contributed by atoms with Gasteiger partial charge in [-0.1, -0.05) is 0 Å². The molecule has 4 nitrogen and oxygen atoms in total. The lowest BCUT2D eigenvalue weighted by atomic mass is 10.2. The van der Waals surface area contributed by atoms with E-state index < -0.39 is 0 Å². The average molecular weight is 224 g/mol. The summed E-state index contributed by atoms with van der Waals surface area (Å²) in [5, 5.41) is 8.76. The summed E-state index contributed by atoms with van der Waals surface area (Å²) in [6, 6.07) is 9.84. The van der Waals surface area contributed by atoms with Crippen LogP contribution >= 0.6 is 0 Å². The maximum Gasteiger partial charge on any atom is 0.128 e. The van der Waals surface area contributed by atoms with E-state index in [0.717, 1.165) is 31.1 Å². The maximum absolute atomic E-state index is 8.76. The highest BCUT2D eigenvalue weighted by Crippen LogP contribution is 2.20. The van der Waals surface area contributed by atoms with Crippen LogP contribution in [0.5, 0.6) is 0 Å². The van der Waals surface area contributed by atoms with Crippen molar-refractivity contribution < 1.29 is 0 Å². The molecule has 1 aliphatic rings. The molecule has 17 heavy (non-hydrogen) atoms. The summed E-state index contributed by atoms with van der Waals surface area (Å²) in [5.74, 6) is 1.10. The van der Waals surface area contributed by atoms with Gasteiger partial charge in [-0.25, -0.2) is 4.98 Å². The molecule has 0 radical (unpaired) electrons. The Labute approximate surface area is 99.7 Å². The molecule has 1 aromatic carbocycles. The van der Waals surface area contributed by atoms with Crippen LogP contribution in [0, 0.1) is 11.3 Å². The van der Waals surface area contributed by atoms with E-state index in [0.29, 0.717) is 5.56 Å². The zero-order valence-corrected chi connectivity index (χ0v) is 9.37. The molecule has 1 aliphatic heterocycles. The number of anilines is 1. The first-order valence-corrected chi connectivity index (χ1v) is 5.62. The maximum atomic E-state index is 8.76. The Morgan fingerprint density at radius 3 is 2.76 bits per heavy atom. The molecule has 1 aromatic heterocycles. The Kier molecular flexibility index (Phi) is 2.30. The number of hydrogen-bond donors (Lipinski definition) is 0. The quantitative estimate of drug-likeness (QED) is 0.741. The van der Waals surface area contributed by atoms with Gasteiger partial charge >= 0.3 is 0 Å². The molecule has 2 heterocycles. The normalized spacial score (nSPS) is 14.2. The molecule has 0 aliphatic carbocycles. The van der Waals surface area contributed by atoms with Crippen LogP contribution in [0.3, 0.4) is 0 Å². The van der Waals surface area contributed by atoms with Gasteiger partial charge < -0.3 is 9.47 Å². The SMILES string of the molecule is N#Cc1ccc(N2CCn3ccnc3C2)cc1. The summed E-state index contributed by atoms with van der Waals surface area (Å²) in [5.41, 5.74) is 1.85. The van der Waals surface area contributed by atoms with Crippen LogP contribution in [0.1, 0.15) is 11.4 Å². The van der Waals surface area contributed by atoms with Gasteiger partial charge in [0.05, 0.1) is 18.2 Å². The van der Waals surface area contributed by atoms with Gasteiger partial charge in [0, 0.05) is 31.2 Å². The third-order valence-corrected chi connectivity index (χ3v) is 3.11. The van der Waals surface area contributed by atoms with E-state index in [9.17, 15) is 0 Å². The summed E-state index contributed by atoms with van der Waals surface area (Å²) in [4.78, 5) is 6.62. The van der Waals surface area contributed by atoms with Crippen LogP contribution in [0.4, 0.5) is 5.69 Å². The van der Waals surface area contributed by atoms with Crippen molar-refractivity contribution in [2.75, 3.05) is 11.4 Å². The Morgan fingerprint density at radius 1 is 1.18 bits per heavy atom. The molecular formula is C13H12N4. The first-order valence-electron chi connectivity index (χ1n) is 5.62. The van der Waals surface area contributed by atoms with E-state index >= 15 is 0 Å².